The van der Waals surface area contributed by atoms with E-state index in [1.165, 1.54) is 0 Å². The van der Waals surface area contributed by atoms with Crippen LogP contribution in [0.3, 0.4) is 0 Å². The van der Waals surface area contributed by atoms with Crippen LogP contribution in [0.2, 0.25) is 0 Å². The Kier molecular flexibility index (Phi) is 4.58. The van der Waals surface area contributed by atoms with Gasteiger partial charge in [-0.2, -0.15) is 10.1 Å². The van der Waals surface area contributed by atoms with E-state index in [0.717, 1.165) is 60.5 Å². The third-order valence-electron chi connectivity index (χ3n) is 6.12. The average molecular weight is 395 g/mol. The van der Waals surface area contributed by atoms with Gasteiger partial charge >= 0.3 is 5.97 Å². The van der Waals surface area contributed by atoms with Gasteiger partial charge in [-0.05, 0) is 38.9 Å². The largest absolute Gasteiger partial charge is 0.465 e. The normalized spacial score (nSPS) is 21.2. The monoisotopic (exact) mass is 395 g/mol. The third kappa shape index (κ3) is 3.53. The van der Waals surface area contributed by atoms with Gasteiger partial charge in [-0.25, -0.2) is 0 Å². The minimum absolute atomic E-state index is 0.0669. The molecule has 2 aliphatic heterocycles. The van der Waals surface area contributed by atoms with E-state index in [2.05, 4.69) is 27.3 Å². The number of cyclic esters (lactones) is 1. The van der Waals surface area contributed by atoms with E-state index in [4.69, 9.17) is 14.2 Å². The summed E-state index contributed by atoms with van der Waals surface area (Å²) in [5.41, 5.74) is 3.02. The topological polar surface area (TPSA) is 86.3 Å². The van der Waals surface area contributed by atoms with Gasteiger partial charge in [-0.3, -0.25) is 9.48 Å². The van der Waals surface area contributed by atoms with Crippen LogP contribution in [-0.2, 0) is 16.6 Å². The quantitative estimate of drug-likeness (QED) is 0.628. The second kappa shape index (κ2) is 7.26. The summed E-state index contributed by atoms with van der Waals surface area (Å²) in [6, 6.07) is 6.16. The number of hydrogen-bond acceptors (Lipinski definition) is 7. The maximum atomic E-state index is 11.3. The molecule has 2 aromatic heterocycles. The van der Waals surface area contributed by atoms with Crippen LogP contribution in [0.5, 0.6) is 0 Å². The molecular formula is C21H25N5O3. The fourth-order valence-electron chi connectivity index (χ4n) is 4.50. The van der Waals surface area contributed by atoms with Crippen LogP contribution in [0.4, 0.5) is 0 Å². The molecule has 4 heterocycles. The zero-order valence-corrected chi connectivity index (χ0v) is 16.8. The molecule has 0 spiro atoms. The molecule has 2 fully saturated rings. The number of aryl methyl sites for hydroxylation is 2. The van der Waals surface area contributed by atoms with Gasteiger partial charge in [0.15, 0.2) is 0 Å². The van der Waals surface area contributed by atoms with Gasteiger partial charge in [0, 0.05) is 36.4 Å². The van der Waals surface area contributed by atoms with Gasteiger partial charge in [0.05, 0.1) is 24.2 Å². The number of carbonyl (C=O) groups is 1. The molecule has 152 valence electrons. The Bertz CT molecular complexity index is 1050. The van der Waals surface area contributed by atoms with Crippen molar-refractivity contribution in [3.8, 4) is 11.4 Å². The Morgan fingerprint density at radius 3 is 2.83 bits per heavy atom. The van der Waals surface area contributed by atoms with Gasteiger partial charge in [-0.1, -0.05) is 17.3 Å². The van der Waals surface area contributed by atoms with Crippen molar-refractivity contribution in [3.05, 3.63) is 29.8 Å². The number of aromatic nitrogens is 4. The number of nitrogens with zero attached hydrogens (tertiary/aromatic N) is 5. The first-order valence-electron chi connectivity index (χ1n) is 10.2. The maximum Gasteiger partial charge on any atom is 0.306 e. The number of fused-ring (bicyclic) bond motifs is 1. The molecule has 0 bridgehead atoms. The number of carbonyl (C=O) groups excluding carboxylic acids is 1. The van der Waals surface area contributed by atoms with Crippen molar-refractivity contribution in [1.82, 2.24) is 24.8 Å². The summed E-state index contributed by atoms with van der Waals surface area (Å²) in [5, 5.41) is 9.85. The standard InChI is InChI=1S/C21H25N5O3/c1-13-17-4-3-16(10-18(17)25(2)23-13)20-22-21(29-24-20)15-5-7-26(8-6-15)11-14-9-19(27)28-12-14/h3-4,10,14-15H,5-9,11-12H2,1-2H3. The van der Waals surface area contributed by atoms with Gasteiger partial charge in [-0.15, -0.1) is 0 Å². The van der Waals surface area contributed by atoms with Crippen LogP contribution < -0.4 is 0 Å². The summed E-state index contributed by atoms with van der Waals surface area (Å²) >= 11 is 0. The van der Waals surface area contributed by atoms with Crippen molar-refractivity contribution in [3.63, 3.8) is 0 Å². The van der Waals surface area contributed by atoms with Crippen molar-refractivity contribution in [2.24, 2.45) is 13.0 Å². The zero-order valence-electron chi connectivity index (χ0n) is 16.8. The van der Waals surface area contributed by atoms with Crippen LogP contribution in [0.1, 0.15) is 36.8 Å². The van der Waals surface area contributed by atoms with E-state index in [9.17, 15) is 4.79 Å². The average Bonchev–Trinajstić information content (AvgIpc) is 3.43. The Morgan fingerprint density at radius 2 is 2.07 bits per heavy atom. The summed E-state index contributed by atoms with van der Waals surface area (Å²) < 4.78 is 12.6. The SMILES string of the molecule is Cc1nn(C)c2cc(-c3noc(C4CCN(CC5COC(=O)C5)CC4)n3)ccc12. The van der Waals surface area contributed by atoms with E-state index in [-0.39, 0.29) is 11.9 Å². The Morgan fingerprint density at radius 1 is 1.24 bits per heavy atom. The molecular weight excluding hydrogens is 370 g/mol. The van der Waals surface area contributed by atoms with Crippen molar-refractivity contribution < 1.29 is 14.1 Å². The van der Waals surface area contributed by atoms with E-state index < -0.39 is 0 Å². The fourth-order valence-corrected chi connectivity index (χ4v) is 4.50. The lowest BCUT2D eigenvalue weighted by Crippen LogP contribution is -2.36. The third-order valence-corrected chi connectivity index (χ3v) is 6.12. The molecule has 0 N–H and O–H groups in total. The highest BCUT2D eigenvalue weighted by Crippen LogP contribution is 2.30. The number of likely N-dealkylation sites (tertiary alicyclic amines) is 1. The lowest BCUT2D eigenvalue weighted by Gasteiger charge is -2.31. The fraction of sp³-hybridized carbons (Fsp3) is 0.524. The Hall–Kier alpha value is -2.74. The highest BCUT2D eigenvalue weighted by molar-refractivity contribution is 5.85. The Labute approximate surface area is 168 Å². The molecule has 1 unspecified atom stereocenters. The summed E-state index contributed by atoms with van der Waals surface area (Å²) in [7, 11) is 1.95. The highest BCUT2D eigenvalue weighted by Gasteiger charge is 2.30. The molecule has 0 saturated carbocycles. The summed E-state index contributed by atoms with van der Waals surface area (Å²) in [4.78, 5) is 18.4. The molecule has 29 heavy (non-hydrogen) atoms. The molecule has 0 amide bonds. The number of ether oxygens (including phenoxy) is 1. The molecule has 1 aromatic carbocycles. The minimum atomic E-state index is -0.0669. The lowest BCUT2D eigenvalue weighted by atomic mass is 9.95. The molecule has 0 radical (unpaired) electrons. The van der Waals surface area contributed by atoms with Crippen molar-refractivity contribution in [1.29, 1.82) is 0 Å². The van der Waals surface area contributed by atoms with Crippen molar-refractivity contribution in [2.75, 3.05) is 26.2 Å². The van der Waals surface area contributed by atoms with Gasteiger partial charge in [0.2, 0.25) is 11.7 Å². The van der Waals surface area contributed by atoms with Crippen LogP contribution in [0.25, 0.3) is 22.3 Å². The van der Waals surface area contributed by atoms with E-state index in [1.54, 1.807) is 0 Å². The minimum Gasteiger partial charge on any atom is -0.465 e. The van der Waals surface area contributed by atoms with E-state index in [0.29, 0.717) is 24.8 Å². The second-order valence-electron chi connectivity index (χ2n) is 8.23. The maximum absolute atomic E-state index is 11.3. The number of hydrogen-bond donors (Lipinski definition) is 0. The molecule has 2 aliphatic rings. The van der Waals surface area contributed by atoms with Crippen molar-refractivity contribution >= 4 is 16.9 Å². The summed E-state index contributed by atoms with van der Waals surface area (Å²) in [5.74, 6) is 1.91. The first-order chi connectivity index (χ1) is 14.1. The predicted molar refractivity (Wildman–Crippen MR) is 106 cm³/mol. The number of piperidine rings is 1. The number of benzene rings is 1. The number of rotatable bonds is 4. The van der Waals surface area contributed by atoms with Crippen LogP contribution in [0, 0.1) is 12.8 Å². The van der Waals surface area contributed by atoms with Gasteiger partial charge in [0.25, 0.3) is 0 Å². The number of esters is 1. The van der Waals surface area contributed by atoms with Crippen LogP contribution in [-0.4, -0.2) is 57.0 Å². The summed E-state index contributed by atoms with van der Waals surface area (Å²) in [6.07, 6.45) is 2.53. The zero-order chi connectivity index (χ0) is 20.0. The molecule has 1 atom stereocenters. The summed E-state index contributed by atoms with van der Waals surface area (Å²) in [6.45, 7) is 5.46. The molecule has 0 aliphatic carbocycles. The molecule has 2 saturated heterocycles. The first-order valence-corrected chi connectivity index (χ1v) is 10.2. The first kappa shape index (κ1) is 18.3. The second-order valence-corrected chi connectivity index (χ2v) is 8.23. The van der Waals surface area contributed by atoms with Crippen LogP contribution >= 0.6 is 0 Å². The lowest BCUT2D eigenvalue weighted by molar-refractivity contribution is -0.137. The molecule has 5 rings (SSSR count). The smallest absolute Gasteiger partial charge is 0.306 e. The predicted octanol–water partition coefficient (Wildman–Crippen LogP) is 2.67. The van der Waals surface area contributed by atoms with E-state index in [1.807, 2.05) is 24.7 Å². The van der Waals surface area contributed by atoms with Crippen molar-refractivity contribution in [2.45, 2.75) is 32.1 Å². The molecule has 8 heteroatoms. The molecule has 3 aromatic rings. The Balaban J connectivity index is 1.25. The highest BCUT2D eigenvalue weighted by atomic mass is 16.5. The van der Waals surface area contributed by atoms with Gasteiger partial charge < -0.3 is 14.2 Å². The van der Waals surface area contributed by atoms with Gasteiger partial charge in [0.1, 0.15) is 0 Å². The van der Waals surface area contributed by atoms with Crippen LogP contribution in [0.15, 0.2) is 22.7 Å². The molecule has 8 nitrogen and oxygen atoms in total. The van der Waals surface area contributed by atoms with E-state index >= 15 is 0 Å².